The van der Waals surface area contributed by atoms with Crippen molar-refractivity contribution in [2.24, 2.45) is 0 Å². The van der Waals surface area contributed by atoms with Crippen LogP contribution in [0.4, 0.5) is 0 Å². The Bertz CT molecular complexity index is 516. The summed E-state index contributed by atoms with van der Waals surface area (Å²) in [6, 6.07) is 17.7. The first-order valence-electron chi connectivity index (χ1n) is 6.99. The Balaban J connectivity index is -0.000000121. The number of hydrogen-bond acceptors (Lipinski definition) is 1. The zero-order chi connectivity index (χ0) is 16.7. The molecule has 0 saturated heterocycles. The van der Waals surface area contributed by atoms with Crippen LogP contribution in [0, 0.1) is 21.8 Å². The van der Waals surface area contributed by atoms with Gasteiger partial charge >= 0.3 is 0 Å². The number of rotatable bonds is 0. The van der Waals surface area contributed by atoms with Gasteiger partial charge < -0.3 is 0 Å². The minimum Gasteiger partial charge on any atom is -0.192 e. The van der Waals surface area contributed by atoms with Crippen molar-refractivity contribution in [1.82, 2.24) is 0 Å². The number of nitrogens with zero attached hydrogens (tertiary/aromatic N) is 1. The van der Waals surface area contributed by atoms with E-state index in [4.69, 9.17) is 5.26 Å². The molecule has 0 amide bonds. The van der Waals surface area contributed by atoms with E-state index >= 15 is 0 Å². The van der Waals surface area contributed by atoms with E-state index in [1.807, 2.05) is 58.0 Å². The van der Waals surface area contributed by atoms with E-state index in [0.717, 1.165) is 13.6 Å². The van der Waals surface area contributed by atoms with Crippen LogP contribution in [0.15, 0.2) is 53.0 Å². The summed E-state index contributed by atoms with van der Waals surface area (Å²) in [6.45, 7) is 10.1. The van der Waals surface area contributed by atoms with Crippen LogP contribution < -0.4 is 0 Å². The van der Waals surface area contributed by atoms with Crippen molar-refractivity contribution in [2.45, 2.75) is 49.5 Å². The monoisotopic (exact) mass is 491 g/mol. The lowest BCUT2D eigenvalue weighted by atomic mass is 10.2. The second-order valence-corrected chi connectivity index (χ2v) is 5.58. The van der Waals surface area contributed by atoms with Gasteiger partial charge in [0.2, 0.25) is 0 Å². The van der Waals surface area contributed by atoms with Gasteiger partial charge in [0, 0.05) is 8.04 Å². The molecule has 3 heteroatoms. The molecule has 0 N–H and O–H groups in total. The van der Waals surface area contributed by atoms with Crippen LogP contribution in [0.1, 0.15) is 53.7 Å². The minimum absolute atomic E-state index is 0. The number of benzene rings is 2. The van der Waals surface area contributed by atoms with Crippen molar-refractivity contribution >= 4 is 38.5 Å². The van der Waals surface area contributed by atoms with E-state index in [2.05, 4.69) is 63.6 Å². The van der Waals surface area contributed by atoms with Gasteiger partial charge in [-0.15, -0.1) is 0 Å². The lowest BCUT2D eigenvalue weighted by Gasteiger charge is -1.89. The van der Waals surface area contributed by atoms with Gasteiger partial charge in [-0.25, -0.2) is 0 Å². The molecule has 0 heterocycles. The second-order valence-electron chi connectivity index (χ2n) is 3.42. The van der Waals surface area contributed by atoms with Crippen molar-refractivity contribution in [2.75, 3.05) is 0 Å². The van der Waals surface area contributed by atoms with Crippen molar-refractivity contribution in [3.8, 4) is 6.07 Å². The Kier molecular flexibility index (Phi) is 27.6. The van der Waals surface area contributed by atoms with Gasteiger partial charge in [-0.2, -0.15) is 5.26 Å². The summed E-state index contributed by atoms with van der Waals surface area (Å²) in [5.41, 5.74) is 2.02. The Morgan fingerprint density at radius 1 is 0.913 bits per heavy atom. The standard InChI is InChI=1S/C7H7Br.C7H4IN.2C2H6.2CH4/c1-6-3-2-4-7(8)5-6;8-7-3-1-2-6(4-7)5-9;2*1-2;;/h2-5H,1H3;1-4H;2*1-2H3;2*1H4. The molecule has 0 fully saturated rings. The van der Waals surface area contributed by atoms with E-state index in [-0.39, 0.29) is 14.9 Å². The number of nitriles is 1. The SMILES string of the molecule is C.C.CC.CC.Cc1cccc(Br)c1.N#Cc1cccc(I)c1. The van der Waals surface area contributed by atoms with Gasteiger partial charge in [0.25, 0.3) is 0 Å². The lowest BCUT2D eigenvalue weighted by molar-refractivity contribution is 1.45. The summed E-state index contributed by atoms with van der Waals surface area (Å²) in [6.07, 6.45) is 0. The maximum atomic E-state index is 8.41. The number of hydrogen-bond donors (Lipinski definition) is 0. The fraction of sp³-hybridized carbons (Fsp3) is 0.350. The van der Waals surface area contributed by atoms with Crippen molar-refractivity contribution in [3.05, 3.63) is 67.7 Å². The van der Waals surface area contributed by atoms with Crippen LogP contribution in [0.2, 0.25) is 0 Å². The third kappa shape index (κ3) is 17.3. The molecule has 0 aliphatic heterocycles. The van der Waals surface area contributed by atoms with Crippen LogP contribution >= 0.6 is 38.5 Å². The van der Waals surface area contributed by atoms with Crippen LogP contribution in [0.3, 0.4) is 0 Å². The lowest BCUT2D eigenvalue weighted by Crippen LogP contribution is -1.73. The molecule has 2 rings (SSSR count). The number of halogens is 2. The molecule has 0 unspecified atom stereocenters. The maximum Gasteiger partial charge on any atom is 0.0991 e. The molecule has 1 nitrogen and oxygen atoms in total. The molecule has 0 aromatic heterocycles. The fourth-order valence-corrected chi connectivity index (χ4v) is 2.22. The summed E-state index contributed by atoms with van der Waals surface area (Å²) in [4.78, 5) is 0. The average molecular weight is 492 g/mol. The van der Waals surface area contributed by atoms with Crippen LogP contribution in [0.25, 0.3) is 0 Å². The van der Waals surface area contributed by atoms with Crippen molar-refractivity contribution in [1.29, 1.82) is 5.26 Å². The highest BCUT2D eigenvalue weighted by atomic mass is 127. The maximum absolute atomic E-state index is 8.41. The van der Waals surface area contributed by atoms with Gasteiger partial charge in [-0.3, -0.25) is 0 Å². The molecular weight excluding hydrogens is 461 g/mol. The molecule has 2 aromatic rings. The van der Waals surface area contributed by atoms with Gasteiger partial charge in [0.05, 0.1) is 11.6 Å². The molecule has 0 spiro atoms. The fourth-order valence-electron chi connectivity index (χ4n) is 1.16. The molecule has 0 radical (unpaired) electrons. The number of aryl methyl sites for hydroxylation is 1. The molecule has 130 valence electrons. The van der Waals surface area contributed by atoms with Crippen LogP contribution in [-0.4, -0.2) is 0 Å². The second kappa shape index (κ2) is 21.1. The zero-order valence-electron chi connectivity index (χ0n) is 13.3. The van der Waals surface area contributed by atoms with E-state index in [1.54, 1.807) is 6.07 Å². The largest absolute Gasteiger partial charge is 0.192 e. The van der Waals surface area contributed by atoms with E-state index < -0.39 is 0 Å². The molecule has 23 heavy (non-hydrogen) atoms. The summed E-state index contributed by atoms with van der Waals surface area (Å²) >= 11 is 5.54. The predicted octanol–water partition coefficient (Wildman–Crippen LogP) is 8.25. The Labute approximate surface area is 166 Å². The Morgan fingerprint density at radius 3 is 1.74 bits per heavy atom. The summed E-state index contributed by atoms with van der Waals surface area (Å²) in [5, 5.41) is 8.41. The highest BCUT2D eigenvalue weighted by Gasteiger charge is 1.87. The van der Waals surface area contributed by atoms with Gasteiger partial charge in [-0.05, 0) is 59.8 Å². The highest BCUT2D eigenvalue weighted by Crippen LogP contribution is 2.09. The van der Waals surface area contributed by atoms with Gasteiger partial charge in [0.15, 0.2) is 0 Å². The quantitative estimate of drug-likeness (QED) is 0.340. The first kappa shape index (κ1) is 30.1. The van der Waals surface area contributed by atoms with Gasteiger partial charge in [0.1, 0.15) is 0 Å². The molecular formula is C20H31BrIN. The molecule has 0 bridgehead atoms. The summed E-state index contributed by atoms with van der Waals surface area (Å²) in [5.74, 6) is 0. The average Bonchev–Trinajstić information content (AvgIpc) is 2.51. The zero-order valence-corrected chi connectivity index (χ0v) is 17.1. The smallest absolute Gasteiger partial charge is 0.0991 e. The minimum atomic E-state index is 0. The van der Waals surface area contributed by atoms with Gasteiger partial charge in [-0.1, -0.05) is 82.2 Å². The van der Waals surface area contributed by atoms with E-state index in [1.165, 1.54) is 5.56 Å². The first-order valence-corrected chi connectivity index (χ1v) is 8.87. The van der Waals surface area contributed by atoms with E-state index in [9.17, 15) is 0 Å². The molecule has 2 aromatic carbocycles. The Hall–Kier alpha value is -0.860. The molecule has 0 aliphatic carbocycles. The third-order valence-electron chi connectivity index (χ3n) is 1.93. The topological polar surface area (TPSA) is 23.8 Å². The van der Waals surface area contributed by atoms with E-state index in [0.29, 0.717) is 0 Å². The van der Waals surface area contributed by atoms with Crippen molar-refractivity contribution in [3.63, 3.8) is 0 Å². The normalized spacial score (nSPS) is 7.04. The van der Waals surface area contributed by atoms with Crippen molar-refractivity contribution < 1.29 is 0 Å². The van der Waals surface area contributed by atoms with Crippen LogP contribution in [-0.2, 0) is 0 Å². The molecule has 0 atom stereocenters. The highest BCUT2D eigenvalue weighted by molar-refractivity contribution is 14.1. The summed E-state index contributed by atoms with van der Waals surface area (Å²) in [7, 11) is 0. The summed E-state index contributed by atoms with van der Waals surface area (Å²) < 4.78 is 2.25. The Morgan fingerprint density at radius 2 is 1.43 bits per heavy atom. The molecule has 0 saturated carbocycles. The predicted molar refractivity (Wildman–Crippen MR) is 119 cm³/mol. The third-order valence-corrected chi connectivity index (χ3v) is 3.10. The molecule has 0 aliphatic rings. The first-order chi connectivity index (χ1) is 10.1. The van der Waals surface area contributed by atoms with Crippen LogP contribution in [0.5, 0.6) is 0 Å².